The predicted molar refractivity (Wildman–Crippen MR) is 98.8 cm³/mol. The zero-order valence-electron chi connectivity index (χ0n) is 14.5. The van der Waals surface area contributed by atoms with Crippen molar-refractivity contribution < 1.29 is 14.3 Å². The number of hydrogen-bond acceptors (Lipinski definition) is 5. The summed E-state index contributed by atoms with van der Waals surface area (Å²) in [5, 5.41) is 10.1. The first-order valence-corrected chi connectivity index (χ1v) is 8.82. The second kappa shape index (κ2) is 6.44. The van der Waals surface area contributed by atoms with Gasteiger partial charge < -0.3 is 9.64 Å². The number of ether oxygens (including phenoxy) is 1. The second-order valence-electron chi connectivity index (χ2n) is 6.58. The molecule has 0 unspecified atom stereocenters. The van der Waals surface area contributed by atoms with Gasteiger partial charge in [0.25, 0.3) is 0 Å². The van der Waals surface area contributed by atoms with Gasteiger partial charge in [-0.15, -0.1) is 11.3 Å². The van der Waals surface area contributed by atoms with Crippen LogP contribution in [0.3, 0.4) is 0 Å². The molecule has 3 rings (SSSR count). The van der Waals surface area contributed by atoms with Gasteiger partial charge in [-0.1, -0.05) is 6.92 Å². The van der Waals surface area contributed by atoms with Crippen LogP contribution in [0, 0.1) is 5.41 Å². The standard InChI is InChI=1S/C19H20N2O3S/c1-19(8-17(20)21(2)18(23)9-19)16-6-13(11-25-16)15-7-14(24-3)5-4-12(15)10-22/h4-7,10-11,20H,8-9H2,1-3H3/t19-/m0/s1. The molecule has 1 aliphatic heterocycles. The Hall–Kier alpha value is -2.47. The predicted octanol–water partition coefficient (Wildman–Crippen LogP) is 3.72. The molecule has 1 fully saturated rings. The van der Waals surface area contributed by atoms with E-state index in [1.165, 1.54) is 4.90 Å². The Labute approximate surface area is 150 Å². The van der Waals surface area contributed by atoms with E-state index in [9.17, 15) is 9.59 Å². The monoisotopic (exact) mass is 356 g/mol. The van der Waals surface area contributed by atoms with Crippen LogP contribution < -0.4 is 4.74 Å². The van der Waals surface area contributed by atoms with E-state index in [4.69, 9.17) is 10.1 Å². The molecule has 1 aromatic carbocycles. The lowest BCUT2D eigenvalue weighted by atomic mass is 9.78. The number of nitrogens with zero attached hydrogens (tertiary/aromatic N) is 1. The molecule has 1 aliphatic rings. The third-order valence-corrected chi connectivity index (χ3v) is 6.01. The summed E-state index contributed by atoms with van der Waals surface area (Å²) < 4.78 is 5.27. The summed E-state index contributed by atoms with van der Waals surface area (Å²) in [5.41, 5.74) is 1.96. The molecule has 0 saturated carbocycles. The molecule has 1 atom stereocenters. The third-order valence-electron chi connectivity index (χ3n) is 4.77. The van der Waals surface area contributed by atoms with E-state index in [1.807, 2.05) is 24.4 Å². The van der Waals surface area contributed by atoms with Crippen LogP contribution in [0.1, 0.15) is 35.0 Å². The summed E-state index contributed by atoms with van der Waals surface area (Å²) in [6.07, 6.45) is 1.74. The zero-order chi connectivity index (χ0) is 18.2. The lowest BCUT2D eigenvalue weighted by Gasteiger charge is -2.36. The molecule has 1 amide bonds. The zero-order valence-corrected chi connectivity index (χ0v) is 15.3. The Morgan fingerprint density at radius 2 is 2.08 bits per heavy atom. The number of methoxy groups -OCH3 is 1. The smallest absolute Gasteiger partial charge is 0.228 e. The Bertz CT molecular complexity index is 838. The number of hydrogen-bond donors (Lipinski definition) is 1. The molecular formula is C19H20N2O3S. The quantitative estimate of drug-likeness (QED) is 0.849. The Kier molecular flexibility index (Phi) is 4.47. The molecule has 0 radical (unpaired) electrons. The number of thiophene rings is 1. The van der Waals surface area contributed by atoms with E-state index in [0.29, 0.717) is 30.0 Å². The second-order valence-corrected chi connectivity index (χ2v) is 7.50. The highest BCUT2D eigenvalue weighted by molar-refractivity contribution is 7.10. The fourth-order valence-corrected chi connectivity index (χ4v) is 4.21. The van der Waals surface area contributed by atoms with E-state index in [1.54, 1.807) is 37.6 Å². The van der Waals surface area contributed by atoms with E-state index in [0.717, 1.165) is 22.3 Å². The molecular weight excluding hydrogens is 336 g/mol. The van der Waals surface area contributed by atoms with Crippen molar-refractivity contribution in [3.63, 3.8) is 0 Å². The molecule has 1 saturated heterocycles. The normalized spacial score (nSPS) is 20.7. The molecule has 130 valence electrons. The molecule has 6 heteroatoms. The average molecular weight is 356 g/mol. The molecule has 0 bridgehead atoms. The van der Waals surface area contributed by atoms with Gasteiger partial charge in [0.15, 0.2) is 6.29 Å². The van der Waals surface area contributed by atoms with E-state index < -0.39 is 0 Å². The van der Waals surface area contributed by atoms with Crippen molar-refractivity contribution in [2.24, 2.45) is 0 Å². The number of nitrogens with one attached hydrogen (secondary N) is 1. The minimum atomic E-state index is -0.385. The Morgan fingerprint density at radius 1 is 1.32 bits per heavy atom. The van der Waals surface area contributed by atoms with Crippen molar-refractivity contribution in [2.75, 3.05) is 14.2 Å². The van der Waals surface area contributed by atoms with Crippen LogP contribution in [-0.4, -0.2) is 37.1 Å². The highest BCUT2D eigenvalue weighted by Gasteiger charge is 2.39. The van der Waals surface area contributed by atoms with E-state index in [2.05, 4.69) is 0 Å². The largest absolute Gasteiger partial charge is 0.497 e. The molecule has 0 aliphatic carbocycles. The van der Waals surface area contributed by atoms with Crippen molar-refractivity contribution in [1.82, 2.24) is 4.90 Å². The molecule has 5 nitrogen and oxygen atoms in total. The number of amidine groups is 1. The SMILES string of the molecule is COc1ccc(C=O)c(-c2csc([C@@]3(C)CC(=N)N(C)C(=O)C3)c2)c1. The minimum Gasteiger partial charge on any atom is -0.497 e. The Balaban J connectivity index is 2.00. The fraction of sp³-hybridized carbons (Fsp3) is 0.316. The first-order valence-electron chi connectivity index (χ1n) is 7.94. The molecule has 1 N–H and O–H groups in total. The maximum atomic E-state index is 12.2. The van der Waals surface area contributed by atoms with E-state index in [-0.39, 0.29) is 11.3 Å². The molecule has 25 heavy (non-hydrogen) atoms. The van der Waals surface area contributed by atoms with Crippen LogP contribution in [0.5, 0.6) is 5.75 Å². The molecule has 0 spiro atoms. The van der Waals surface area contributed by atoms with Crippen molar-refractivity contribution in [3.05, 3.63) is 40.1 Å². The number of benzene rings is 1. The van der Waals surface area contributed by atoms with Crippen LogP contribution in [-0.2, 0) is 10.2 Å². The van der Waals surface area contributed by atoms with Gasteiger partial charge >= 0.3 is 0 Å². The van der Waals surface area contributed by atoms with Gasteiger partial charge in [0.1, 0.15) is 11.6 Å². The van der Waals surface area contributed by atoms with Gasteiger partial charge in [0.2, 0.25) is 5.91 Å². The van der Waals surface area contributed by atoms with Gasteiger partial charge in [-0.2, -0.15) is 0 Å². The third kappa shape index (κ3) is 3.09. The number of amides is 1. The van der Waals surface area contributed by atoms with Gasteiger partial charge in [-0.05, 0) is 40.8 Å². The van der Waals surface area contributed by atoms with Crippen LogP contribution in [0.4, 0.5) is 0 Å². The Morgan fingerprint density at radius 3 is 2.72 bits per heavy atom. The number of carbonyl (C=O) groups is 2. The molecule has 1 aromatic heterocycles. The van der Waals surface area contributed by atoms with Gasteiger partial charge in [0, 0.05) is 35.7 Å². The lowest BCUT2D eigenvalue weighted by molar-refractivity contribution is -0.128. The molecule has 2 heterocycles. The van der Waals surface area contributed by atoms with Crippen molar-refractivity contribution in [2.45, 2.75) is 25.2 Å². The van der Waals surface area contributed by atoms with Crippen molar-refractivity contribution in [1.29, 1.82) is 5.41 Å². The summed E-state index contributed by atoms with van der Waals surface area (Å²) in [5.74, 6) is 0.989. The first kappa shape index (κ1) is 17.4. The maximum Gasteiger partial charge on any atom is 0.228 e. The summed E-state index contributed by atoms with van der Waals surface area (Å²) in [6, 6.07) is 7.38. The van der Waals surface area contributed by atoms with Crippen LogP contribution in [0.15, 0.2) is 29.6 Å². The lowest BCUT2D eigenvalue weighted by Crippen LogP contribution is -2.46. The summed E-state index contributed by atoms with van der Waals surface area (Å²) in [6.45, 7) is 2.02. The molecule has 2 aromatic rings. The van der Waals surface area contributed by atoms with Crippen LogP contribution in [0.2, 0.25) is 0 Å². The maximum absolute atomic E-state index is 12.2. The fourth-order valence-electron chi connectivity index (χ4n) is 3.14. The number of rotatable bonds is 4. The van der Waals surface area contributed by atoms with Gasteiger partial charge in [-0.3, -0.25) is 15.0 Å². The van der Waals surface area contributed by atoms with Crippen LogP contribution in [0.25, 0.3) is 11.1 Å². The summed E-state index contributed by atoms with van der Waals surface area (Å²) in [4.78, 5) is 26.0. The number of aldehydes is 1. The van der Waals surface area contributed by atoms with Gasteiger partial charge in [-0.25, -0.2) is 0 Å². The first-order chi connectivity index (χ1) is 11.9. The number of likely N-dealkylation sites (tertiary alicyclic amines) is 1. The summed E-state index contributed by atoms with van der Waals surface area (Å²) in [7, 11) is 3.24. The number of carbonyl (C=O) groups excluding carboxylic acids is 2. The van der Waals surface area contributed by atoms with Gasteiger partial charge in [0.05, 0.1) is 7.11 Å². The van der Waals surface area contributed by atoms with E-state index >= 15 is 0 Å². The van der Waals surface area contributed by atoms with Crippen molar-refractivity contribution >= 4 is 29.4 Å². The van der Waals surface area contributed by atoms with Crippen LogP contribution >= 0.6 is 11.3 Å². The summed E-state index contributed by atoms with van der Waals surface area (Å²) >= 11 is 1.56. The average Bonchev–Trinajstić information content (AvgIpc) is 3.10. The minimum absolute atomic E-state index is 0.0383. The number of piperidine rings is 1. The topological polar surface area (TPSA) is 70.5 Å². The van der Waals surface area contributed by atoms with Crippen molar-refractivity contribution in [3.8, 4) is 16.9 Å². The highest BCUT2D eigenvalue weighted by Crippen LogP contribution is 2.41. The highest BCUT2D eigenvalue weighted by atomic mass is 32.1.